The van der Waals surface area contributed by atoms with E-state index in [1.54, 1.807) is 18.5 Å². The lowest BCUT2D eigenvalue weighted by atomic mass is 10.3. The van der Waals surface area contributed by atoms with E-state index in [1.165, 1.54) is 0 Å². The number of rotatable bonds is 1. The molecule has 0 aliphatic heterocycles. The second-order valence-corrected chi connectivity index (χ2v) is 1.48. The Morgan fingerprint density at radius 1 is 1.33 bits per heavy atom. The summed E-state index contributed by atoms with van der Waals surface area (Å²) in [4.78, 5) is 3.85. The largest absolute Gasteiger partial charge is 1.00 e. The molecule has 9 heavy (non-hydrogen) atoms. The quantitative estimate of drug-likeness (QED) is 0.474. The van der Waals surface area contributed by atoms with Gasteiger partial charge in [0.05, 0.1) is 0 Å². The van der Waals surface area contributed by atoms with Crippen molar-refractivity contribution in [2.75, 3.05) is 0 Å². The van der Waals surface area contributed by atoms with Gasteiger partial charge in [0.15, 0.2) is 0 Å². The van der Waals surface area contributed by atoms with Gasteiger partial charge in [0.1, 0.15) is 0 Å². The number of nitrogens with zero attached hydrogens (tertiary/aromatic N) is 1. The first-order chi connectivity index (χ1) is 3.93. The zero-order valence-corrected chi connectivity index (χ0v) is 5.67. The third-order valence-corrected chi connectivity index (χ3v) is 0.942. The number of hydrogen-bond acceptors (Lipinski definition) is 1. The maximum absolute atomic E-state index is 3.85. The lowest BCUT2D eigenvalue weighted by molar-refractivity contribution is -0.00000166. The maximum atomic E-state index is 3.85. The Labute approximate surface area is 60.8 Å². The fourth-order valence-electron chi connectivity index (χ4n) is 0.500. The molecule has 0 saturated carbocycles. The predicted molar refractivity (Wildman–Crippen MR) is 34.3 cm³/mol. The van der Waals surface area contributed by atoms with Crippen molar-refractivity contribution in [3.05, 3.63) is 36.7 Å². The van der Waals surface area contributed by atoms with E-state index in [9.17, 15) is 0 Å². The van der Waals surface area contributed by atoms with Crippen molar-refractivity contribution in [3.8, 4) is 0 Å². The Morgan fingerprint density at radius 2 is 1.89 bits per heavy atom. The van der Waals surface area contributed by atoms with E-state index in [0.29, 0.717) is 0 Å². The van der Waals surface area contributed by atoms with Gasteiger partial charge >= 0.3 is 0 Å². The number of pyridine rings is 1. The van der Waals surface area contributed by atoms with Crippen LogP contribution in [-0.2, 0) is 0 Å². The molecule has 0 radical (unpaired) electrons. The lowest BCUT2D eigenvalue weighted by Gasteiger charge is -1.84. The minimum atomic E-state index is 0. The number of aromatic nitrogens is 1. The Bertz CT molecular complexity index is 172. The van der Waals surface area contributed by atoms with Crippen LogP contribution in [0.5, 0.6) is 0 Å². The Kier molecular flexibility index (Phi) is 3.72. The van der Waals surface area contributed by atoms with E-state index in [2.05, 4.69) is 11.6 Å². The third-order valence-electron chi connectivity index (χ3n) is 0.942. The third kappa shape index (κ3) is 2.29. The highest BCUT2D eigenvalue weighted by Crippen LogP contribution is 1.94. The highest BCUT2D eigenvalue weighted by Gasteiger charge is 1.76. The molecule has 0 aliphatic carbocycles. The Balaban J connectivity index is 0.000000640. The van der Waals surface area contributed by atoms with Crippen LogP contribution in [0.1, 0.15) is 5.56 Å². The summed E-state index contributed by atoms with van der Waals surface area (Å²) in [6, 6.07) is 3.82. The minimum Gasteiger partial charge on any atom is -1.00 e. The molecule has 0 fully saturated rings. The highest BCUT2D eigenvalue weighted by molar-refractivity contribution is 5.44. The van der Waals surface area contributed by atoms with Crippen LogP contribution in [0.15, 0.2) is 31.1 Å². The summed E-state index contributed by atoms with van der Waals surface area (Å²) in [5.41, 5.74) is 1.11. The summed E-state index contributed by atoms with van der Waals surface area (Å²) < 4.78 is 0. The summed E-state index contributed by atoms with van der Waals surface area (Å²) in [7, 11) is 0. The number of halogens is 1. The van der Waals surface area contributed by atoms with Crippen molar-refractivity contribution < 1.29 is 12.4 Å². The topological polar surface area (TPSA) is 12.9 Å². The Hall–Kier alpha value is -0.820. The van der Waals surface area contributed by atoms with Crippen LogP contribution in [0.3, 0.4) is 0 Å². The molecule has 1 rings (SSSR count). The SMILES string of the molecule is C=Cc1ccncc1.[Cl-]. The molecule has 0 saturated heterocycles. The normalized spacial score (nSPS) is 7.56. The van der Waals surface area contributed by atoms with Crippen LogP contribution in [0.4, 0.5) is 0 Å². The summed E-state index contributed by atoms with van der Waals surface area (Å²) >= 11 is 0. The van der Waals surface area contributed by atoms with E-state index in [-0.39, 0.29) is 12.4 Å². The first-order valence-corrected chi connectivity index (χ1v) is 2.46. The fourth-order valence-corrected chi connectivity index (χ4v) is 0.500. The van der Waals surface area contributed by atoms with Gasteiger partial charge in [-0.05, 0) is 17.7 Å². The summed E-state index contributed by atoms with van der Waals surface area (Å²) in [5.74, 6) is 0. The monoisotopic (exact) mass is 140 g/mol. The average Bonchev–Trinajstić information content (AvgIpc) is 1.90. The molecule has 0 aliphatic rings. The van der Waals surface area contributed by atoms with Crippen LogP contribution < -0.4 is 12.4 Å². The molecule has 0 bridgehead atoms. The van der Waals surface area contributed by atoms with E-state index in [0.717, 1.165) is 5.56 Å². The second-order valence-electron chi connectivity index (χ2n) is 1.48. The van der Waals surface area contributed by atoms with Gasteiger partial charge in [-0.2, -0.15) is 0 Å². The molecule has 1 aromatic heterocycles. The molecule has 0 N–H and O–H groups in total. The van der Waals surface area contributed by atoms with Crippen molar-refractivity contribution >= 4 is 6.08 Å². The summed E-state index contributed by atoms with van der Waals surface area (Å²) in [5, 5.41) is 0. The van der Waals surface area contributed by atoms with Gasteiger partial charge < -0.3 is 12.4 Å². The van der Waals surface area contributed by atoms with E-state index >= 15 is 0 Å². The smallest absolute Gasteiger partial charge is 0.0273 e. The van der Waals surface area contributed by atoms with Gasteiger partial charge in [-0.1, -0.05) is 12.7 Å². The molecule has 0 unspecified atom stereocenters. The van der Waals surface area contributed by atoms with Gasteiger partial charge in [0, 0.05) is 12.4 Å². The fraction of sp³-hybridized carbons (Fsp3) is 0. The van der Waals surface area contributed by atoms with Crippen molar-refractivity contribution in [2.24, 2.45) is 0 Å². The molecule has 1 nitrogen and oxygen atoms in total. The van der Waals surface area contributed by atoms with Gasteiger partial charge in [0.25, 0.3) is 0 Å². The molecule has 48 valence electrons. The van der Waals surface area contributed by atoms with E-state index < -0.39 is 0 Å². The first kappa shape index (κ1) is 8.18. The zero-order chi connectivity index (χ0) is 5.82. The van der Waals surface area contributed by atoms with Gasteiger partial charge in [-0.15, -0.1) is 0 Å². The van der Waals surface area contributed by atoms with E-state index in [4.69, 9.17) is 0 Å². The molecule has 1 aromatic rings. The zero-order valence-electron chi connectivity index (χ0n) is 4.92. The van der Waals surface area contributed by atoms with Crippen molar-refractivity contribution in [3.63, 3.8) is 0 Å². The van der Waals surface area contributed by atoms with Crippen molar-refractivity contribution in [2.45, 2.75) is 0 Å². The van der Waals surface area contributed by atoms with E-state index in [1.807, 2.05) is 12.1 Å². The summed E-state index contributed by atoms with van der Waals surface area (Å²) in [6.07, 6.45) is 5.29. The van der Waals surface area contributed by atoms with Crippen LogP contribution in [-0.4, -0.2) is 4.98 Å². The molecule has 2 heteroatoms. The van der Waals surface area contributed by atoms with Gasteiger partial charge in [-0.25, -0.2) is 0 Å². The van der Waals surface area contributed by atoms with Crippen LogP contribution in [0.25, 0.3) is 6.08 Å². The first-order valence-electron chi connectivity index (χ1n) is 2.46. The summed E-state index contributed by atoms with van der Waals surface area (Å²) in [6.45, 7) is 3.60. The lowest BCUT2D eigenvalue weighted by Crippen LogP contribution is -3.00. The number of hydrogen-bond donors (Lipinski definition) is 0. The van der Waals surface area contributed by atoms with Crippen molar-refractivity contribution in [1.82, 2.24) is 4.98 Å². The maximum Gasteiger partial charge on any atom is 0.0273 e. The molecule has 1 heterocycles. The van der Waals surface area contributed by atoms with Gasteiger partial charge in [0.2, 0.25) is 0 Å². The Morgan fingerprint density at radius 3 is 2.22 bits per heavy atom. The molecular formula is C7H7ClN-. The minimum absolute atomic E-state index is 0. The van der Waals surface area contributed by atoms with Crippen LogP contribution in [0, 0.1) is 0 Å². The van der Waals surface area contributed by atoms with Gasteiger partial charge in [-0.3, -0.25) is 4.98 Å². The predicted octanol–water partition coefficient (Wildman–Crippen LogP) is -1.27. The molecule has 0 spiro atoms. The molecule has 0 amide bonds. The standard InChI is InChI=1S/C7H7N.ClH/c1-2-7-3-5-8-6-4-7;/h2-6H,1H2;1H/p-1. The molecule has 0 aromatic carbocycles. The second kappa shape index (κ2) is 4.10. The van der Waals surface area contributed by atoms with Crippen molar-refractivity contribution in [1.29, 1.82) is 0 Å². The molecule has 0 atom stereocenters. The average molecular weight is 141 g/mol. The van der Waals surface area contributed by atoms with Crippen LogP contribution >= 0.6 is 0 Å². The molecular weight excluding hydrogens is 134 g/mol. The van der Waals surface area contributed by atoms with Crippen LogP contribution in [0.2, 0.25) is 0 Å². The highest BCUT2D eigenvalue weighted by atomic mass is 35.5.